The van der Waals surface area contributed by atoms with Crippen LogP contribution < -0.4 is 15.5 Å². The summed E-state index contributed by atoms with van der Waals surface area (Å²) < 4.78 is 2.23. The zero-order valence-electron chi connectivity index (χ0n) is 20.4. The molecule has 0 aliphatic heterocycles. The van der Waals surface area contributed by atoms with Crippen LogP contribution >= 0.6 is 0 Å². The molecule has 0 bridgehead atoms. The molecule has 2 aliphatic carbocycles. The Bertz CT molecular complexity index is 1090. The van der Waals surface area contributed by atoms with Crippen LogP contribution in [0.1, 0.15) is 55.3 Å². The second kappa shape index (κ2) is 9.72. The lowest BCUT2D eigenvalue weighted by molar-refractivity contribution is 0.324. The second-order valence-corrected chi connectivity index (χ2v) is 10.2. The maximum atomic E-state index is 4.92. The van der Waals surface area contributed by atoms with E-state index < -0.39 is 0 Å². The molecule has 1 fully saturated rings. The SMILES string of the molecule is CN(C)c1nc(NC2CCC(CNCc3cn(C)c4ccccc34)CC2)nc2c1CCCC2. The molecular formula is C27H38N6. The number of hydrogen-bond donors (Lipinski definition) is 2. The van der Waals surface area contributed by atoms with Crippen molar-refractivity contribution in [3.8, 4) is 0 Å². The smallest absolute Gasteiger partial charge is 0.225 e. The van der Waals surface area contributed by atoms with Crippen molar-refractivity contribution in [1.29, 1.82) is 0 Å². The molecule has 1 saturated carbocycles. The van der Waals surface area contributed by atoms with E-state index in [2.05, 4.69) is 71.7 Å². The van der Waals surface area contributed by atoms with Gasteiger partial charge in [0.15, 0.2) is 0 Å². The standard InChI is InChI=1S/C27H38N6/c1-32(2)26-23-9-4-6-10-24(23)30-27(31-26)29-21-14-12-19(13-15-21)16-28-17-20-18-33(3)25-11-7-5-8-22(20)25/h5,7-8,11,18-19,21,28H,4,6,9-10,12-17H2,1-3H3,(H,29,30,31). The predicted octanol–water partition coefficient (Wildman–Crippen LogP) is 4.67. The zero-order valence-corrected chi connectivity index (χ0v) is 20.4. The summed E-state index contributed by atoms with van der Waals surface area (Å²) in [4.78, 5) is 12.0. The number of aryl methyl sites for hydroxylation is 2. The third-order valence-electron chi connectivity index (χ3n) is 7.49. The molecule has 2 N–H and O–H groups in total. The predicted molar refractivity (Wildman–Crippen MR) is 137 cm³/mol. The summed E-state index contributed by atoms with van der Waals surface area (Å²) in [6.45, 7) is 2.03. The first-order valence-corrected chi connectivity index (χ1v) is 12.7. The molecule has 2 aliphatic rings. The van der Waals surface area contributed by atoms with Gasteiger partial charge in [0.1, 0.15) is 5.82 Å². The van der Waals surface area contributed by atoms with Gasteiger partial charge < -0.3 is 20.1 Å². The van der Waals surface area contributed by atoms with Gasteiger partial charge in [0, 0.05) is 56.4 Å². The van der Waals surface area contributed by atoms with Crippen LogP contribution in [-0.4, -0.2) is 41.2 Å². The number of nitrogens with zero attached hydrogens (tertiary/aromatic N) is 4. The van der Waals surface area contributed by atoms with Crippen LogP contribution in [0, 0.1) is 5.92 Å². The molecule has 0 spiro atoms. The number of rotatable bonds is 7. The van der Waals surface area contributed by atoms with Gasteiger partial charge in [-0.25, -0.2) is 4.98 Å². The van der Waals surface area contributed by atoms with Gasteiger partial charge >= 0.3 is 0 Å². The molecule has 6 nitrogen and oxygen atoms in total. The highest BCUT2D eigenvalue weighted by Gasteiger charge is 2.24. The fraction of sp³-hybridized carbons (Fsp3) is 0.556. The molecule has 2 heterocycles. The topological polar surface area (TPSA) is 58.0 Å². The first-order chi connectivity index (χ1) is 16.1. The minimum absolute atomic E-state index is 0.482. The monoisotopic (exact) mass is 446 g/mol. The van der Waals surface area contributed by atoms with Gasteiger partial charge in [0.2, 0.25) is 5.95 Å². The van der Waals surface area contributed by atoms with Gasteiger partial charge in [-0.2, -0.15) is 4.98 Å². The molecule has 33 heavy (non-hydrogen) atoms. The molecule has 6 heteroatoms. The number of para-hydroxylation sites is 1. The Labute approximate surface area is 197 Å². The summed E-state index contributed by atoms with van der Waals surface area (Å²) in [6.07, 6.45) is 11.9. The van der Waals surface area contributed by atoms with E-state index in [1.54, 1.807) is 0 Å². The molecule has 0 amide bonds. The van der Waals surface area contributed by atoms with E-state index in [-0.39, 0.29) is 0 Å². The second-order valence-electron chi connectivity index (χ2n) is 10.2. The summed E-state index contributed by atoms with van der Waals surface area (Å²) >= 11 is 0. The molecular weight excluding hydrogens is 408 g/mol. The molecule has 0 atom stereocenters. The van der Waals surface area contributed by atoms with E-state index in [1.807, 2.05) is 0 Å². The van der Waals surface area contributed by atoms with Crippen LogP contribution in [-0.2, 0) is 26.4 Å². The Morgan fingerprint density at radius 1 is 1.03 bits per heavy atom. The van der Waals surface area contributed by atoms with Crippen LogP contribution in [0.25, 0.3) is 10.9 Å². The summed E-state index contributed by atoms with van der Waals surface area (Å²) in [6, 6.07) is 9.15. The highest BCUT2D eigenvalue weighted by molar-refractivity contribution is 5.83. The molecule has 176 valence electrons. The summed E-state index contributed by atoms with van der Waals surface area (Å²) in [5.41, 5.74) is 5.32. The van der Waals surface area contributed by atoms with Gasteiger partial charge in [-0.1, -0.05) is 18.2 Å². The first kappa shape index (κ1) is 22.2. The number of nitrogens with one attached hydrogen (secondary N) is 2. The molecule has 3 aromatic rings. The molecule has 2 aromatic heterocycles. The number of aromatic nitrogens is 3. The maximum absolute atomic E-state index is 4.92. The lowest BCUT2D eigenvalue weighted by Crippen LogP contribution is -2.32. The average Bonchev–Trinajstić information content (AvgIpc) is 3.15. The van der Waals surface area contributed by atoms with E-state index in [9.17, 15) is 0 Å². The van der Waals surface area contributed by atoms with Gasteiger partial charge in [-0.3, -0.25) is 0 Å². The normalized spacial score (nSPS) is 20.6. The zero-order chi connectivity index (χ0) is 22.8. The maximum Gasteiger partial charge on any atom is 0.225 e. The lowest BCUT2D eigenvalue weighted by Gasteiger charge is -2.30. The fourth-order valence-corrected chi connectivity index (χ4v) is 5.68. The van der Waals surface area contributed by atoms with Crippen molar-refractivity contribution in [3.05, 3.63) is 47.3 Å². The lowest BCUT2D eigenvalue weighted by atomic mass is 9.86. The van der Waals surface area contributed by atoms with Crippen molar-refractivity contribution in [2.75, 3.05) is 30.9 Å². The Morgan fingerprint density at radius 3 is 2.64 bits per heavy atom. The molecule has 5 rings (SSSR count). The van der Waals surface area contributed by atoms with E-state index >= 15 is 0 Å². The van der Waals surface area contributed by atoms with Gasteiger partial charge in [0.25, 0.3) is 0 Å². The molecule has 1 aromatic carbocycles. The quantitative estimate of drug-likeness (QED) is 0.552. The Kier molecular flexibility index (Phi) is 6.54. The largest absolute Gasteiger partial charge is 0.362 e. The van der Waals surface area contributed by atoms with Crippen LogP contribution in [0.5, 0.6) is 0 Å². The Morgan fingerprint density at radius 2 is 1.82 bits per heavy atom. The number of hydrogen-bond acceptors (Lipinski definition) is 5. The summed E-state index contributed by atoms with van der Waals surface area (Å²) in [5, 5.41) is 8.77. The Hall–Kier alpha value is -2.60. The number of fused-ring (bicyclic) bond motifs is 2. The molecule has 0 unspecified atom stereocenters. The highest BCUT2D eigenvalue weighted by Crippen LogP contribution is 2.30. The average molecular weight is 447 g/mol. The van der Waals surface area contributed by atoms with Gasteiger partial charge in [0.05, 0.1) is 5.69 Å². The highest BCUT2D eigenvalue weighted by atomic mass is 15.2. The molecule has 0 radical (unpaired) electrons. The minimum Gasteiger partial charge on any atom is -0.362 e. The van der Waals surface area contributed by atoms with Gasteiger partial charge in [-0.15, -0.1) is 0 Å². The summed E-state index contributed by atoms with van der Waals surface area (Å²) in [5.74, 6) is 2.69. The summed E-state index contributed by atoms with van der Waals surface area (Å²) in [7, 11) is 6.32. The Balaban J connectivity index is 1.13. The van der Waals surface area contributed by atoms with Crippen LogP contribution in [0.4, 0.5) is 11.8 Å². The van der Waals surface area contributed by atoms with E-state index in [0.29, 0.717) is 6.04 Å². The van der Waals surface area contributed by atoms with Crippen LogP contribution in [0.2, 0.25) is 0 Å². The van der Waals surface area contributed by atoms with E-state index in [0.717, 1.165) is 43.6 Å². The van der Waals surface area contributed by atoms with Crippen molar-refractivity contribution in [1.82, 2.24) is 19.9 Å². The minimum atomic E-state index is 0.482. The number of benzene rings is 1. The van der Waals surface area contributed by atoms with Crippen molar-refractivity contribution in [3.63, 3.8) is 0 Å². The van der Waals surface area contributed by atoms with Crippen molar-refractivity contribution >= 4 is 22.7 Å². The molecule has 0 saturated heterocycles. The third-order valence-corrected chi connectivity index (χ3v) is 7.49. The third kappa shape index (κ3) is 4.86. The number of anilines is 2. The van der Waals surface area contributed by atoms with Crippen molar-refractivity contribution in [2.45, 2.75) is 64.0 Å². The van der Waals surface area contributed by atoms with Crippen LogP contribution in [0.15, 0.2) is 30.5 Å². The first-order valence-electron chi connectivity index (χ1n) is 12.7. The van der Waals surface area contributed by atoms with Gasteiger partial charge in [-0.05, 0) is 75.5 Å². The van der Waals surface area contributed by atoms with E-state index in [1.165, 1.54) is 66.2 Å². The van der Waals surface area contributed by atoms with Crippen molar-refractivity contribution < 1.29 is 0 Å². The van der Waals surface area contributed by atoms with Crippen molar-refractivity contribution in [2.24, 2.45) is 13.0 Å². The fourth-order valence-electron chi connectivity index (χ4n) is 5.68. The van der Waals surface area contributed by atoms with E-state index in [4.69, 9.17) is 9.97 Å². The van der Waals surface area contributed by atoms with Crippen LogP contribution in [0.3, 0.4) is 0 Å².